The summed E-state index contributed by atoms with van der Waals surface area (Å²) in [6.45, 7) is 2.94. The second-order valence-corrected chi connectivity index (χ2v) is 5.66. The summed E-state index contributed by atoms with van der Waals surface area (Å²) in [6, 6.07) is 0.698. The highest BCUT2D eigenvalue weighted by atomic mass is 32.2. The molecule has 0 saturated carbocycles. The van der Waals surface area contributed by atoms with Crippen LogP contribution < -0.4 is 5.73 Å². The standard InChI is InChI=1S/C11H20N4S/c1-8-10(11(12)15(3)13-8)6-14(2)9-4-5-16-7-9/h9H,4-7,12H2,1-3H3. The van der Waals surface area contributed by atoms with E-state index in [9.17, 15) is 0 Å². The third kappa shape index (κ3) is 2.20. The van der Waals surface area contributed by atoms with Gasteiger partial charge in [0.2, 0.25) is 0 Å². The van der Waals surface area contributed by atoms with Gasteiger partial charge in [-0.05, 0) is 26.1 Å². The number of aromatic nitrogens is 2. The van der Waals surface area contributed by atoms with E-state index in [4.69, 9.17) is 5.73 Å². The molecule has 0 aliphatic carbocycles. The molecule has 1 aromatic rings. The Morgan fingerprint density at radius 2 is 2.38 bits per heavy atom. The van der Waals surface area contributed by atoms with Crippen LogP contribution in [0.25, 0.3) is 0 Å². The Balaban J connectivity index is 2.07. The van der Waals surface area contributed by atoms with Crippen LogP contribution in [0.3, 0.4) is 0 Å². The zero-order chi connectivity index (χ0) is 11.7. The van der Waals surface area contributed by atoms with Crippen LogP contribution in [-0.4, -0.2) is 39.3 Å². The number of nitrogens with zero attached hydrogens (tertiary/aromatic N) is 3. The van der Waals surface area contributed by atoms with Crippen molar-refractivity contribution in [2.24, 2.45) is 7.05 Å². The fourth-order valence-corrected chi connectivity index (χ4v) is 3.46. The lowest BCUT2D eigenvalue weighted by Crippen LogP contribution is -2.31. The van der Waals surface area contributed by atoms with Crippen molar-refractivity contribution in [2.45, 2.75) is 25.9 Å². The van der Waals surface area contributed by atoms with Crippen molar-refractivity contribution in [1.29, 1.82) is 0 Å². The zero-order valence-corrected chi connectivity index (χ0v) is 11.0. The summed E-state index contributed by atoms with van der Waals surface area (Å²) in [4.78, 5) is 2.40. The Labute approximate surface area is 101 Å². The van der Waals surface area contributed by atoms with Crippen LogP contribution in [0.15, 0.2) is 0 Å². The second kappa shape index (κ2) is 4.67. The molecule has 1 aliphatic heterocycles. The van der Waals surface area contributed by atoms with E-state index in [1.165, 1.54) is 23.5 Å². The molecule has 1 unspecified atom stereocenters. The van der Waals surface area contributed by atoms with Gasteiger partial charge in [0.1, 0.15) is 5.82 Å². The lowest BCUT2D eigenvalue weighted by Gasteiger charge is -2.23. The lowest BCUT2D eigenvalue weighted by atomic mass is 10.2. The SMILES string of the molecule is Cc1nn(C)c(N)c1CN(C)C1CCSC1. The van der Waals surface area contributed by atoms with Gasteiger partial charge in [0.15, 0.2) is 0 Å². The van der Waals surface area contributed by atoms with Crippen LogP contribution >= 0.6 is 11.8 Å². The summed E-state index contributed by atoms with van der Waals surface area (Å²) in [6.07, 6.45) is 1.29. The summed E-state index contributed by atoms with van der Waals surface area (Å²) < 4.78 is 1.77. The highest BCUT2D eigenvalue weighted by Crippen LogP contribution is 2.24. The summed E-state index contributed by atoms with van der Waals surface area (Å²) in [5.74, 6) is 3.33. The summed E-state index contributed by atoms with van der Waals surface area (Å²) in [7, 11) is 4.08. The second-order valence-electron chi connectivity index (χ2n) is 4.51. The fraction of sp³-hybridized carbons (Fsp3) is 0.727. The molecule has 1 aromatic heterocycles. The quantitative estimate of drug-likeness (QED) is 0.864. The first kappa shape index (κ1) is 11.8. The molecular formula is C11H20N4S. The van der Waals surface area contributed by atoms with E-state index in [2.05, 4.69) is 17.0 Å². The van der Waals surface area contributed by atoms with Crippen molar-refractivity contribution in [1.82, 2.24) is 14.7 Å². The van der Waals surface area contributed by atoms with Crippen LogP contribution in [-0.2, 0) is 13.6 Å². The molecular weight excluding hydrogens is 220 g/mol. The zero-order valence-electron chi connectivity index (χ0n) is 10.2. The van der Waals surface area contributed by atoms with Gasteiger partial charge in [0.25, 0.3) is 0 Å². The van der Waals surface area contributed by atoms with E-state index in [0.29, 0.717) is 6.04 Å². The van der Waals surface area contributed by atoms with E-state index in [1.54, 1.807) is 4.68 Å². The molecule has 4 nitrogen and oxygen atoms in total. The van der Waals surface area contributed by atoms with Gasteiger partial charge in [-0.1, -0.05) is 0 Å². The first-order chi connectivity index (χ1) is 7.59. The molecule has 2 N–H and O–H groups in total. The van der Waals surface area contributed by atoms with E-state index in [1.807, 2.05) is 25.7 Å². The van der Waals surface area contributed by atoms with Gasteiger partial charge in [-0.15, -0.1) is 0 Å². The van der Waals surface area contributed by atoms with E-state index in [-0.39, 0.29) is 0 Å². The molecule has 0 amide bonds. The van der Waals surface area contributed by atoms with Crippen LogP contribution in [0.1, 0.15) is 17.7 Å². The molecule has 90 valence electrons. The maximum absolute atomic E-state index is 6.02. The molecule has 0 bridgehead atoms. The minimum atomic E-state index is 0.698. The van der Waals surface area contributed by atoms with Crippen molar-refractivity contribution < 1.29 is 0 Å². The number of aryl methyl sites for hydroxylation is 2. The molecule has 0 aromatic carbocycles. The predicted octanol–water partition coefficient (Wildman–Crippen LogP) is 1.25. The highest BCUT2D eigenvalue weighted by molar-refractivity contribution is 7.99. The van der Waals surface area contributed by atoms with Gasteiger partial charge in [0.05, 0.1) is 5.69 Å². The number of thioether (sulfide) groups is 1. The van der Waals surface area contributed by atoms with E-state index in [0.717, 1.165) is 18.1 Å². The summed E-state index contributed by atoms with van der Waals surface area (Å²) >= 11 is 2.04. The lowest BCUT2D eigenvalue weighted by molar-refractivity contribution is 0.254. The molecule has 2 heterocycles. The van der Waals surface area contributed by atoms with Gasteiger partial charge in [-0.25, -0.2) is 0 Å². The van der Waals surface area contributed by atoms with Crippen molar-refractivity contribution in [3.8, 4) is 0 Å². The van der Waals surface area contributed by atoms with Crippen molar-refractivity contribution in [3.63, 3.8) is 0 Å². The number of nitrogen functional groups attached to an aromatic ring is 1. The molecule has 0 radical (unpaired) electrons. The largest absolute Gasteiger partial charge is 0.384 e. The van der Waals surface area contributed by atoms with Crippen LogP contribution in [0.4, 0.5) is 5.82 Å². The normalized spacial score (nSPS) is 20.9. The molecule has 1 fully saturated rings. The Kier molecular flexibility index (Phi) is 3.44. The summed E-state index contributed by atoms with van der Waals surface area (Å²) in [5, 5.41) is 4.35. The first-order valence-electron chi connectivity index (χ1n) is 5.65. The number of hydrogen-bond donors (Lipinski definition) is 1. The Bertz CT molecular complexity index is 368. The van der Waals surface area contributed by atoms with Crippen LogP contribution in [0.5, 0.6) is 0 Å². The molecule has 1 atom stereocenters. The number of rotatable bonds is 3. The van der Waals surface area contributed by atoms with Crippen LogP contribution in [0.2, 0.25) is 0 Å². The Hall–Kier alpha value is -0.680. The van der Waals surface area contributed by atoms with Crippen molar-refractivity contribution in [3.05, 3.63) is 11.3 Å². The first-order valence-corrected chi connectivity index (χ1v) is 6.81. The molecule has 1 aliphatic rings. The maximum Gasteiger partial charge on any atom is 0.126 e. The average molecular weight is 240 g/mol. The third-order valence-corrected chi connectivity index (χ3v) is 4.48. The van der Waals surface area contributed by atoms with Gasteiger partial charge in [0, 0.05) is 31.0 Å². The molecule has 2 rings (SSSR count). The molecule has 0 spiro atoms. The number of nitrogens with two attached hydrogens (primary N) is 1. The number of anilines is 1. The molecule has 5 heteroatoms. The van der Waals surface area contributed by atoms with E-state index >= 15 is 0 Å². The minimum absolute atomic E-state index is 0.698. The number of hydrogen-bond acceptors (Lipinski definition) is 4. The maximum atomic E-state index is 6.02. The Morgan fingerprint density at radius 3 is 2.88 bits per heavy atom. The topological polar surface area (TPSA) is 47.1 Å². The smallest absolute Gasteiger partial charge is 0.126 e. The average Bonchev–Trinajstić information content (AvgIpc) is 2.83. The van der Waals surface area contributed by atoms with Crippen molar-refractivity contribution >= 4 is 17.6 Å². The predicted molar refractivity (Wildman–Crippen MR) is 69.6 cm³/mol. The van der Waals surface area contributed by atoms with E-state index < -0.39 is 0 Å². The minimum Gasteiger partial charge on any atom is -0.384 e. The van der Waals surface area contributed by atoms with Crippen molar-refractivity contribution in [2.75, 3.05) is 24.3 Å². The highest BCUT2D eigenvalue weighted by Gasteiger charge is 2.22. The monoisotopic (exact) mass is 240 g/mol. The fourth-order valence-electron chi connectivity index (χ4n) is 2.16. The van der Waals surface area contributed by atoms with Gasteiger partial charge in [-0.2, -0.15) is 16.9 Å². The van der Waals surface area contributed by atoms with Gasteiger partial charge in [-0.3, -0.25) is 9.58 Å². The Morgan fingerprint density at radius 1 is 1.62 bits per heavy atom. The van der Waals surface area contributed by atoms with Crippen LogP contribution in [0, 0.1) is 6.92 Å². The van der Waals surface area contributed by atoms with Gasteiger partial charge >= 0.3 is 0 Å². The molecule has 16 heavy (non-hydrogen) atoms. The molecule has 1 saturated heterocycles. The summed E-state index contributed by atoms with van der Waals surface area (Å²) in [5.41, 5.74) is 8.25. The van der Waals surface area contributed by atoms with Gasteiger partial charge < -0.3 is 5.73 Å². The third-order valence-electron chi connectivity index (χ3n) is 3.33.